The Hall–Kier alpha value is -6.07. The highest BCUT2D eigenvalue weighted by Gasteiger charge is 2.63. The van der Waals surface area contributed by atoms with Crippen molar-refractivity contribution in [1.82, 2.24) is 31.1 Å². The molecule has 6 unspecified atom stereocenters. The van der Waals surface area contributed by atoms with Crippen LogP contribution in [0.1, 0.15) is 125 Å². The van der Waals surface area contributed by atoms with Crippen LogP contribution in [0, 0.1) is 17.8 Å². The smallest absolute Gasteiger partial charge is 0.409 e. The number of aldehydes is 2. The molecular formula is C58H79ClN6O15S. The van der Waals surface area contributed by atoms with Crippen molar-refractivity contribution in [3.63, 3.8) is 0 Å². The van der Waals surface area contributed by atoms with Gasteiger partial charge in [-0.15, -0.1) is 0 Å². The molecule has 8 atom stereocenters. The molecule has 6 aliphatic rings. The number of nitrogens with zero attached hydrogens (tertiary/aromatic N) is 2. The topological polar surface area (TPSA) is 275 Å². The van der Waals surface area contributed by atoms with Gasteiger partial charge in [-0.3, -0.25) is 38.9 Å². The molecule has 23 heteroatoms. The third-order valence-electron chi connectivity index (χ3n) is 16.1. The molecule has 0 spiro atoms. The van der Waals surface area contributed by atoms with Crippen LogP contribution in [-0.4, -0.2) is 170 Å². The maximum Gasteiger partial charge on any atom is 0.409 e. The summed E-state index contributed by atoms with van der Waals surface area (Å²) in [6, 6.07) is 3.82. The van der Waals surface area contributed by atoms with E-state index in [0.717, 1.165) is 24.0 Å². The van der Waals surface area contributed by atoms with E-state index in [1.807, 2.05) is 19.1 Å². The summed E-state index contributed by atoms with van der Waals surface area (Å²) in [5.74, 6) is -1.43. The molecule has 3 fully saturated rings. The Morgan fingerprint density at radius 3 is 2.36 bits per heavy atom. The SMILES string of the molecule is COC1=CC2CC(=C1Cl)N(C)C(=O)C[C@H](OC(=O)[C@H](C)N(C)C(=O)CCSCC(=O)NCCNC(=O)[C@H]1CC[C@H](CNC(=O)CCc3ccc(C=O)c(C=O)c3)CC1)C1(C)CC(C)(O1)C1CC(O)(NC(=O)O1)C(OC)/C=C/C=C(\C)C2. The molecule has 0 radical (unpaired) electrons. The lowest BCUT2D eigenvalue weighted by atomic mass is 9.72. The highest BCUT2D eigenvalue weighted by molar-refractivity contribution is 7.99. The van der Waals surface area contributed by atoms with E-state index in [1.54, 1.807) is 51.2 Å². The van der Waals surface area contributed by atoms with E-state index < -0.39 is 59.3 Å². The molecule has 1 aromatic rings. The fourth-order valence-corrected chi connectivity index (χ4v) is 12.3. The summed E-state index contributed by atoms with van der Waals surface area (Å²) in [5.41, 5.74) is -1.55. The van der Waals surface area contributed by atoms with Crippen LogP contribution in [-0.2, 0) is 58.9 Å². The molecule has 5 N–H and O–H groups in total. The Labute approximate surface area is 483 Å². The zero-order chi connectivity index (χ0) is 59.2. The fourth-order valence-electron chi connectivity index (χ4n) is 11.2. The number of fused-ring (bicyclic) bond motifs is 6. The Balaban J connectivity index is 0.952. The Kier molecular flexibility index (Phi) is 22.8. The molecule has 444 valence electrons. The summed E-state index contributed by atoms with van der Waals surface area (Å²) in [5, 5.41) is 23.3. The van der Waals surface area contributed by atoms with E-state index in [4.69, 9.17) is 35.3 Å². The largest absolute Gasteiger partial charge is 0.495 e. The van der Waals surface area contributed by atoms with Crippen LogP contribution >= 0.6 is 23.4 Å². The number of benzene rings is 1. The molecule has 2 saturated heterocycles. The minimum Gasteiger partial charge on any atom is -0.495 e. The first-order valence-electron chi connectivity index (χ1n) is 27.5. The van der Waals surface area contributed by atoms with Gasteiger partial charge < -0.3 is 54.5 Å². The van der Waals surface area contributed by atoms with Crippen LogP contribution in [0.3, 0.4) is 0 Å². The van der Waals surface area contributed by atoms with E-state index in [-0.39, 0.29) is 103 Å². The standard InChI is InChI=1S/C58H79ClN6O15S/c1-35-10-9-11-45(77-8)58(75)29-47(79-55(74)63-58)57(4)34-56(3,80-57)46(28-51(71)65(6)43-26-39(24-35)27-44(76-7)52(43)59)78-54(73)36(2)64(5)50(70)20-23-81-33-49(69)60-21-22-61-53(72)40-16-13-38(14-17-40)30-62-48(68)19-15-37-12-18-41(31-66)42(25-37)32-67/h9-12,18,25,27,31-32,36,38-40,45-47,75H,13-17,19-24,26,28-30,33-34H2,1-8H3,(H,60,69)(H,61,72)(H,62,68)(H,63,74)/b11-9+,35-10+/t36-,38-,39?,40-,45?,46-,47?,56?,57?,58?/m0/s1. The molecule has 6 amide bonds. The lowest BCUT2D eigenvalue weighted by molar-refractivity contribution is -0.328. The van der Waals surface area contributed by atoms with Crippen LogP contribution in [0.4, 0.5) is 4.79 Å². The van der Waals surface area contributed by atoms with Gasteiger partial charge in [0.1, 0.15) is 46.3 Å². The van der Waals surface area contributed by atoms with Crippen molar-refractivity contribution in [2.75, 3.05) is 59.5 Å². The molecule has 1 saturated carbocycles. The summed E-state index contributed by atoms with van der Waals surface area (Å²) in [6.45, 7) is 7.81. The van der Waals surface area contributed by atoms with Gasteiger partial charge >= 0.3 is 12.1 Å². The second kappa shape index (κ2) is 28.8. The first kappa shape index (κ1) is 64.1. The number of alkyl carbamates (subject to hydrolysis) is 1. The van der Waals surface area contributed by atoms with E-state index in [0.29, 0.717) is 73.8 Å². The van der Waals surface area contributed by atoms with E-state index in [9.17, 15) is 48.3 Å². The van der Waals surface area contributed by atoms with Crippen LogP contribution in [0.5, 0.6) is 0 Å². The van der Waals surface area contributed by atoms with Crippen LogP contribution in [0.2, 0.25) is 0 Å². The second-order valence-electron chi connectivity index (χ2n) is 22.2. The molecule has 0 aromatic heterocycles. The highest BCUT2D eigenvalue weighted by atomic mass is 35.5. The van der Waals surface area contributed by atoms with E-state index in [2.05, 4.69) is 21.3 Å². The molecule has 21 nitrogen and oxygen atoms in total. The summed E-state index contributed by atoms with van der Waals surface area (Å²) in [7, 11) is 5.97. The van der Waals surface area contributed by atoms with Crippen molar-refractivity contribution in [2.24, 2.45) is 17.8 Å². The summed E-state index contributed by atoms with van der Waals surface area (Å²) in [4.78, 5) is 118. The fraction of sp³-hybridized carbons (Fsp3) is 0.603. The Morgan fingerprint density at radius 1 is 0.975 bits per heavy atom. The zero-order valence-corrected chi connectivity index (χ0v) is 49.2. The van der Waals surface area contributed by atoms with Gasteiger partial charge in [0.05, 0.1) is 19.3 Å². The van der Waals surface area contributed by atoms with E-state index in [1.165, 1.54) is 49.8 Å². The average Bonchev–Trinajstić information content (AvgIpc) is 3.56. The monoisotopic (exact) mass is 1170 g/mol. The van der Waals surface area contributed by atoms with Crippen molar-refractivity contribution in [3.8, 4) is 0 Å². The van der Waals surface area contributed by atoms with Gasteiger partial charge in [-0.2, -0.15) is 11.8 Å². The maximum absolute atomic E-state index is 14.4. The van der Waals surface area contributed by atoms with Crippen LogP contribution in [0.25, 0.3) is 0 Å². The number of likely N-dealkylation sites (N-methyl/N-ethyl adjacent to an activating group) is 1. The molecule has 6 bridgehead atoms. The molecule has 81 heavy (non-hydrogen) atoms. The lowest BCUT2D eigenvalue weighted by Crippen LogP contribution is -2.72. The number of carbonyl (C=O) groups is 9. The van der Waals surface area contributed by atoms with E-state index >= 15 is 0 Å². The number of methoxy groups -OCH3 is 2. The predicted molar refractivity (Wildman–Crippen MR) is 301 cm³/mol. The number of rotatable bonds is 21. The number of halogens is 1. The summed E-state index contributed by atoms with van der Waals surface area (Å²) >= 11 is 8.09. The number of hydrogen-bond acceptors (Lipinski definition) is 16. The van der Waals surface area contributed by atoms with Crippen molar-refractivity contribution in [3.05, 3.63) is 81.3 Å². The van der Waals surface area contributed by atoms with Crippen molar-refractivity contribution < 1.29 is 71.9 Å². The molecule has 7 rings (SSSR count). The number of amides is 6. The highest BCUT2D eigenvalue weighted by Crippen LogP contribution is 2.50. The Bertz CT molecular complexity index is 2650. The summed E-state index contributed by atoms with van der Waals surface area (Å²) < 4.78 is 29.8. The number of ether oxygens (including phenoxy) is 5. The first-order chi connectivity index (χ1) is 38.4. The zero-order valence-electron chi connectivity index (χ0n) is 47.6. The Morgan fingerprint density at radius 2 is 1.68 bits per heavy atom. The minimum atomic E-state index is -1.90. The number of esters is 1. The number of allylic oxidation sites excluding steroid dienone is 6. The minimum absolute atomic E-state index is 0.00296. The number of aliphatic hydroxyl groups is 1. The normalized spacial score (nSPS) is 29.1. The average molecular weight is 1170 g/mol. The first-order valence-corrected chi connectivity index (χ1v) is 29.1. The van der Waals surface area contributed by atoms with Gasteiger partial charge in [0, 0.05) is 95.0 Å². The molecule has 1 aromatic carbocycles. The lowest BCUT2D eigenvalue weighted by Gasteiger charge is -2.59. The van der Waals surface area contributed by atoms with Crippen LogP contribution < -0.4 is 21.3 Å². The number of carbonyl (C=O) groups excluding carboxylic acids is 9. The van der Waals surface area contributed by atoms with Crippen molar-refractivity contribution in [1.29, 1.82) is 0 Å². The molecule has 4 heterocycles. The second-order valence-corrected chi connectivity index (χ2v) is 23.7. The third kappa shape index (κ3) is 16.8. The van der Waals surface area contributed by atoms with Crippen molar-refractivity contribution >= 4 is 77.5 Å². The van der Waals surface area contributed by atoms with Gasteiger partial charge in [-0.1, -0.05) is 47.5 Å². The van der Waals surface area contributed by atoms with Gasteiger partial charge in [0.15, 0.2) is 18.3 Å². The molecular weight excluding hydrogens is 1090 g/mol. The van der Waals surface area contributed by atoms with Gasteiger partial charge in [0.2, 0.25) is 29.5 Å². The molecule has 4 aliphatic heterocycles. The number of aryl methyl sites for hydroxylation is 1. The van der Waals surface area contributed by atoms with Gasteiger partial charge in [-0.05, 0) is 102 Å². The van der Waals surface area contributed by atoms with Crippen LogP contribution in [0.15, 0.2) is 64.6 Å². The van der Waals surface area contributed by atoms with Crippen molar-refractivity contribution in [2.45, 2.75) is 146 Å². The maximum atomic E-state index is 14.4. The molecule has 2 aliphatic carbocycles. The quantitative estimate of drug-likeness (QED) is 0.0603. The third-order valence-corrected chi connectivity index (χ3v) is 17.5. The number of hydrogen-bond donors (Lipinski definition) is 5. The predicted octanol–water partition coefficient (Wildman–Crippen LogP) is 5.18. The van der Waals surface area contributed by atoms with Gasteiger partial charge in [-0.25, -0.2) is 9.59 Å². The number of thioether (sulfide) groups is 1. The number of nitrogens with one attached hydrogen (secondary N) is 4. The summed E-state index contributed by atoms with van der Waals surface area (Å²) in [6.07, 6.45) is 8.49. The van der Waals surface area contributed by atoms with Gasteiger partial charge in [0.25, 0.3) is 0 Å².